The Balaban J connectivity index is 1.44. The van der Waals surface area contributed by atoms with Gasteiger partial charge < -0.3 is 0 Å². The second kappa shape index (κ2) is 7.40. The summed E-state index contributed by atoms with van der Waals surface area (Å²) in [4.78, 5) is 30.0. The third kappa shape index (κ3) is 3.08. The molecular weight excluding hydrogens is 458 g/mol. The Bertz CT molecular complexity index is 1470. The summed E-state index contributed by atoms with van der Waals surface area (Å²) in [7, 11) is 0. The maximum Gasteiger partial charge on any atom is 0.323 e. The zero-order valence-corrected chi connectivity index (χ0v) is 19.4. The van der Waals surface area contributed by atoms with Crippen molar-refractivity contribution < 1.29 is 4.79 Å². The summed E-state index contributed by atoms with van der Waals surface area (Å²) < 4.78 is 6.07. The topological polar surface area (TPSA) is 83.9 Å². The van der Waals surface area contributed by atoms with Crippen LogP contribution in [0.2, 0.25) is 5.02 Å². The number of benzene rings is 2. The zero-order valence-electron chi connectivity index (χ0n) is 17.8. The number of aromatic nitrogens is 4. The molecule has 0 saturated carbocycles. The first-order valence-corrected chi connectivity index (χ1v) is 12.0. The summed E-state index contributed by atoms with van der Waals surface area (Å²) in [5.41, 5.74) is 4.95. The molecule has 2 aliphatic rings. The summed E-state index contributed by atoms with van der Waals surface area (Å²) in [5, 5.41) is 5.03. The fourth-order valence-corrected chi connectivity index (χ4v) is 5.76. The van der Waals surface area contributed by atoms with Crippen molar-refractivity contribution in [2.45, 2.75) is 38.1 Å². The van der Waals surface area contributed by atoms with Gasteiger partial charge in [0.15, 0.2) is 5.82 Å². The van der Waals surface area contributed by atoms with Crippen LogP contribution in [0, 0.1) is 0 Å². The van der Waals surface area contributed by atoms with E-state index in [1.807, 2.05) is 47.3 Å². The van der Waals surface area contributed by atoms with Gasteiger partial charge in [0.05, 0.1) is 23.0 Å². The number of nitrogens with zero attached hydrogens (tertiary/aromatic N) is 4. The van der Waals surface area contributed by atoms with Gasteiger partial charge in [0.2, 0.25) is 5.91 Å². The first kappa shape index (κ1) is 20.4. The number of rotatable bonds is 4. The summed E-state index contributed by atoms with van der Waals surface area (Å²) in [6.07, 6.45) is 5.82. The molecule has 2 aromatic heterocycles. The van der Waals surface area contributed by atoms with Crippen LogP contribution in [0.3, 0.4) is 0 Å². The van der Waals surface area contributed by atoms with Gasteiger partial charge in [-0.3, -0.25) is 24.2 Å². The summed E-state index contributed by atoms with van der Waals surface area (Å²) in [5.74, 6) is 0.597. The van der Waals surface area contributed by atoms with E-state index in [-0.39, 0.29) is 10.8 Å². The van der Waals surface area contributed by atoms with E-state index < -0.39 is 5.41 Å². The lowest BCUT2D eigenvalue weighted by Crippen LogP contribution is -2.39. The van der Waals surface area contributed by atoms with E-state index in [1.54, 1.807) is 11.1 Å². The number of anilines is 2. The molecule has 0 radical (unpaired) electrons. The van der Waals surface area contributed by atoms with Gasteiger partial charge >= 0.3 is 4.87 Å². The Morgan fingerprint density at radius 3 is 2.79 bits per heavy atom. The molecule has 4 aromatic rings. The minimum absolute atomic E-state index is 0.0376. The van der Waals surface area contributed by atoms with Crippen molar-refractivity contribution in [3.8, 4) is 11.4 Å². The van der Waals surface area contributed by atoms with Crippen LogP contribution in [-0.4, -0.2) is 25.0 Å². The Morgan fingerprint density at radius 1 is 1.15 bits per heavy atom. The number of carbonyl (C=O) groups is 1. The van der Waals surface area contributed by atoms with Crippen LogP contribution in [0.5, 0.6) is 0 Å². The van der Waals surface area contributed by atoms with Crippen LogP contribution in [-0.2, 0) is 29.6 Å². The molecule has 0 fully saturated rings. The maximum absolute atomic E-state index is 14.1. The molecule has 1 unspecified atom stereocenters. The third-order valence-corrected chi connectivity index (χ3v) is 7.34. The number of hydrogen-bond donors (Lipinski definition) is 1. The SMILES string of the molecule is CCCn1cc(N2C(=O)C3(Cc4ccc(-c5nsc(=O)[nH]5)cc4C3)c3ccc(Cl)cc32)cn1. The molecule has 33 heavy (non-hydrogen) atoms. The second-order valence-corrected chi connectivity index (χ2v) is 9.80. The number of nitrogens with one attached hydrogen (secondary N) is 1. The number of halogens is 1. The number of aryl methyl sites for hydroxylation is 1. The average molecular weight is 478 g/mol. The summed E-state index contributed by atoms with van der Waals surface area (Å²) in [6.45, 7) is 2.89. The highest BCUT2D eigenvalue weighted by Gasteiger charge is 2.54. The molecule has 0 bridgehead atoms. The Kier molecular flexibility index (Phi) is 4.57. The lowest BCUT2D eigenvalue weighted by molar-refractivity contribution is -0.122. The Hall–Kier alpha value is -3.23. The van der Waals surface area contributed by atoms with Gasteiger partial charge in [-0.15, -0.1) is 0 Å². The van der Waals surface area contributed by atoms with Crippen LogP contribution in [0.4, 0.5) is 11.4 Å². The predicted octanol–water partition coefficient (Wildman–Crippen LogP) is 4.47. The first-order chi connectivity index (χ1) is 16.0. The largest absolute Gasteiger partial charge is 0.323 e. The molecule has 0 saturated heterocycles. The minimum atomic E-state index is -0.691. The second-order valence-electron chi connectivity index (χ2n) is 8.63. The van der Waals surface area contributed by atoms with E-state index in [4.69, 9.17) is 11.6 Å². The van der Waals surface area contributed by atoms with Crippen molar-refractivity contribution in [3.63, 3.8) is 0 Å². The third-order valence-electron chi connectivity index (χ3n) is 6.56. The molecule has 166 valence electrons. The van der Waals surface area contributed by atoms with E-state index in [2.05, 4.69) is 21.4 Å². The highest BCUT2D eigenvalue weighted by molar-refractivity contribution is 7.03. The molecule has 1 aliphatic carbocycles. The van der Waals surface area contributed by atoms with Crippen molar-refractivity contribution in [2.75, 3.05) is 4.90 Å². The number of H-pyrrole nitrogens is 1. The zero-order chi connectivity index (χ0) is 22.7. The van der Waals surface area contributed by atoms with E-state index >= 15 is 0 Å². The molecule has 1 aliphatic heterocycles. The van der Waals surface area contributed by atoms with Gasteiger partial charge in [-0.25, -0.2) is 0 Å². The van der Waals surface area contributed by atoms with Crippen LogP contribution in [0.25, 0.3) is 11.4 Å². The predicted molar refractivity (Wildman–Crippen MR) is 128 cm³/mol. The number of fused-ring (bicyclic) bond motifs is 3. The Morgan fingerprint density at radius 2 is 2.00 bits per heavy atom. The first-order valence-electron chi connectivity index (χ1n) is 10.8. The maximum atomic E-state index is 14.1. The van der Waals surface area contributed by atoms with Gasteiger partial charge in [0.1, 0.15) is 0 Å². The smallest absolute Gasteiger partial charge is 0.296 e. The standard InChI is InChI=1S/C24H20ClN5O2S/c1-2-7-29-13-18(12-26-29)30-20-9-17(25)5-6-19(20)24(22(30)31)10-15-4-3-14(8-16(15)11-24)21-27-23(32)33-28-21/h3-6,8-9,12-13H,2,7,10-11H2,1H3,(H,27,28,32). The molecule has 1 N–H and O–H groups in total. The van der Waals surface area contributed by atoms with Gasteiger partial charge in [-0.2, -0.15) is 9.47 Å². The average Bonchev–Trinajstić information content (AvgIpc) is 3.55. The number of aromatic amines is 1. The van der Waals surface area contributed by atoms with Crippen molar-refractivity contribution in [1.29, 1.82) is 0 Å². The number of amides is 1. The summed E-state index contributed by atoms with van der Waals surface area (Å²) >= 11 is 7.26. The van der Waals surface area contributed by atoms with Gasteiger partial charge in [0.25, 0.3) is 0 Å². The number of hydrogen-bond acceptors (Lipinski definition) is 5. The van der Waals surface area contributed by atoms with E-state index in [0.717, 1.165) is 58.1 Å². The van der Waals surface area contributed by atoms with Gasteiger partial charge in [0, 0.05) is 34.9 Å². The molecule has 7 nitrogen and oxygen atoms in total. The fraction of sp³-hybridized carbons (Fsp3) is 0.250. The molecule has 6 rings (SSSR count). The van der Waals surface area contributed by atoms with Crippen molar-refractivity contribution in [1.82, 2.24) is 19.1 Å². The molecule has 1 amide bonds. The highest BCUT2D eigenvalue weighted by Crippen LogP contribution is 2.53. The molecule has 1 spiro atoms. The van der Waals surface area contributed by atoms with Crippen molar-refractivity contribution in [3.05, 3.63) is 80.2 Å². The fourth-order valence-electron chi connectivity index (χ4n) is 5.13. The lowest BCUT2D eigenvalue weighted by Gasteiger charge is -2.23. The van der Waals surface area contributed by atoms with E-state index in [1.165, 1.54) is 0 Å². The lowest BCUT2D eigenvalue weighted by atomic mass is 9.79. The van der Waals surface area contributed by atoms with Crippen LogP contribution in [0.1, 0.15) is 30.0 Å². The molecular formula is C24H20ClN5O2S. The monoisotopic (exact) mass is 477 g/mol. The van der Waals surface area contributed by atoms with Gasteiger partial charge in [-0.1, -0.05) is 36.7 Å². The number of carbonyl (C=O) groups excluding carboxylic acids is 1. The van der Waals surface area contributed by atoms with Gasteiger partial charge in [-0.05, 0) is 54.2 Å². The minimum Gasteiger partial charge on any atom is -0.296 e. The molecule has 2 aromatic carbocycles. The summed E-state index contributed by atoms with van der Waals surface area (Å²) in [6, 6.07) is 11.7. The normalized spacial score (nSPS) is 18.8. The van der Waals surface area contributed by atoms with E-state index in [0.29, 0.717) is 23.7 Å². The van der Waals surface area contributed by atoms with Crippen LogP contribution < -0.4 is 9.77 Å². The van der Waals surface area contributed by atoms with Crippen molar-refractivity contribution in [2.24, 2.45) is 0 Å². The van der Waals surface area contributed by atoms with E-state index in [9.17, 15) is 9.59 Å². The van der Waals surface area contributed by atoms with Crippen LogP contribution in [0.15, 0.2) is 53.6 Å². The van der Waals surface area contributed by atoms with Crippen molar-refractivity contribution >= 4 is 40.4 Å². The quantitative estimate of drug-likeness (QED) is 0.470. The Labute approximate surface area is 198 Å². The molecule has 9 heteroatoms. The van der Waals surface area contributed by atoms with Crippen LogP contribution >= 0.6 is 23.1 Å². The molecule has 1 atom stereocenters. The highest BCUT2D eigenvalue weighted by atomic mass is 35.5. The molecule has 3 heterocycles.